The number of aliphatic carboxylic acids is 1. The number of carboxylic acids is 1. The number of likely N-dealkylation sites (N-methyl/N-ethyl adjacent to an activating group) is 1. The second kappa shape index (κ2) is 6.95. The van der Waals surface area contributed by atoms with E-state index in [1.807, 2.05) is 6.92 Å². The summed E-state index contributed by atoms with van der Waals surface area (Å²) in [6.07, 6.45) is -1.12. The lowest BCUT2D eigenvalue weighted by molar-refractivity contribution is -0.138. The molecule has 3 N–H and O–H groups in total. The lowest BCUT2D eigenvalue weighted by atomic mass is 9.99. The Labute approximate surface area is 116 Å². The summed E-state index contributed by atoms with van der Waals surface area (Å²) >= 11 is 11.7. The molecule has 1 aromatic rings. The number of hydrogen-bond acceptors (Lipinski definition) is 3. The molecule has 100 valence electrons. The molecule has 0 aliphatic heterocycles. The fraction of sp³-hybridized carbons (Fsp3) is 0.417. The normalized spacial score (nSPS) is 14.2. The van der Waals surface area contributed by atoms with E-state index in [2.05, 4.69) is 5.32 Å². The molecule has 0 heterocycles. The SMILES string of the molecule is CCNC(CC(=O)O)C(O)c1ccc(Cl)c(Cl)c1. The van der Waals surface area contributed by atoms with E-state index in [1.54, 1.807) is 18.2 Å². The second-order valence-corrected chi connectivity index (χ2v) is 4.69. The van der Waals surface area contributed by atoms with Crippen LogP contribution in [-0.2, 0) is 4.79 Å². The first-order valence-electron chi connectivity index (χ1n) is 5.54. The van der Waals surface area contributed by atoms with Crippen LogP contribution in [-0.4, -0.2) is 28.8 Å². The molecule has 1 aromatic carbocycles. The molecule has 0 saturated heterocycles. The van der Waals surface area contributed by atoms with Crippen LogP contribution in [0.4, 0.5) is 0 Å². The van der Waals surface area contributed by atoms with Crippen molar-refractivity contribution in [2.24, 2.45) is 0 Å². The minimum absolute atomic E-state index is 0.171. The van der Waals surface area contributed by atoms with Crippen molar-refractivity contribution in [2.45, 2.75) is 25.5 Å². The Kier molecular flexibility index (Phi) is 5.88. The zero-order valence-electron chi connectivity index (χ0n) is 9.86. The van der Waals surface area contributed by atoms with E-state index in [9.17, 15) is 9.90 Å². The third-order valence-electron chi connectivity index (χ3n) is 2.53. The molecule has 0 amide bonds. The average Bonchev–Trinajstić information content (AvgIpc) is 2.31. The van der Waals surface area contributed by atoms with Gasteiger partial charge in [0.15, 0.2) is 0 Å². The minimum atomic E-state index is -0.972. The van der Waals surface area contributed by atoms with Crippen LogP contribution in [0.5, 0.6) is 0 Å². The summed E-state index contributed by atoms with van der Waals surface area (Å²) in [5.41, 5.74) is 0.539. The first-order chi connectivity index (χ1) is 8.45. The summed E-state index contributed by atoms with van der Waals surface area (Å²) < 4.78 is 0. The molecular weight excluding hydrogens is 277 g/mol. The zero-order chi connectivity index (χ0) is 13.7. The van der Waals surface area contributed by atoms with E-state index in [-0.39, 0.29) is 6.42 Å². The fourth-order valence-corrected chi connectivity index (χ4v) is 1.98. The maximum absolute atomic E-state index is 10.7. The summed E-state index contributed by atoms with van der Waals surface area (Å²) in [6, 6.07) is 4.18. The van der Waals surface area contributed by atoms with Crippen molar-refractivity contribution in [2.75, 3.05) is 6.54 Å². The zero-order valence-corrected chi connectivity index (χ0v) is 11.4. The number of halogens is 2. The molecule has 0 saturated carbocycles. The second-order valence-electron chi connectivity index (χ2n) is 3.88. The highest BCUT2D eigenvalue weighted by Gasteiger charge is 2.23. The lowest BCUT2D eigenvalue weighted by Crippen LogP contribution is -2.36. The molecule has 0 spiro atoms. The highest BCUT2D eigenvalue weighted by molar-refractivity contribution is 6.42. The Morgan fingerprint density at radius 1 is 1.39 bits per heavy atom. The van der Waals surface area contributed by atoms with Crippen LogP contribution in [0.25, 0.3) is 0 Å². The van der Waals surface area contributed by atoms with E-state index in [1.165, 1.54) is 0 Å². The highest BCUT2D eigenvalue weighted by atomic mass is 35.5. The topological polar surface area (TPSA) is 69.6 Å². The number of carboxylic acid groups (broad SMARTS) is 1. The Hall–Kier alpha value is -0.810. The van der Waals surface area contributed by atoms with E-state index >= 15 is 0 Å². The molecule has 0 bridgehead atoms. The van der Waals surface area contributed by atoms with Crippen molar-refractivity contribution < 1.29 is 15.0 Å². The largest absolute Gasteiger partial charge is 0.481 e. The number of rotatable bonds is 6. The number of hydrogen-bond donors (Lipinski definition) is 3. The number of benzene rings is 1. The van der Waals surface area contributed by atoms with Gasteiger partial charge in [-0.1, -0.05) is 36.2 Å². The van der Waals surface area contributed by atoms with E-state index in [4.69, 9.17) is 28.3 Å². The van der Waals surface area contributed by atoms with Crippen molar-refractivity contribution in [3.8, 4) is 0 Å². The van der Waals surface area contributed by atoms with Crippen LogP contribution < -0.4 is 5.32 Å². The van der Waals surface area contributed by atoms with Gasteiger partial charge in [0.2, 0.25) is 0 Å². The molecule has 0 aliphatic rings. The Balaban J connectivity index is 2.89. The summed E-state index contributed by atoms with van der Waals surface area (Å²) in [6.45, 7) is 2.41. The van der Waals surface area contributed by atoms with Gasteiger partial charge in [-0.25, -0.2) is 0 Å². The molecule has 2 unspecified atom stereocenters. The van der Waals surface area contributed by atoms with Gasteiger partial charge < -0.3 is 15.5 Å². The van der Waals surface area contributed by atoms with Crippen LogP contribution >= 0.6 is 23.2 Å². The number of aliphatic hydroxyl groups excluding tert-OH is 1. The van der Waals surface area contributed by atoms with Crippen molar-refractivity contribution in [1.29, 1.82) is 0 Å². The van der Waals surface area contributed by atoms with E-state index in [0.29, 0.717) is 22.2 Å². The Morgan fingerprint density at radius 2 is 2.06 bits per heavy atom. The number of carbonyl (C=O) groups is 1. The third kappa shape index (κ3) is 4.14. The van der Waals surface area contributed by atoms with Crippen molar-refractivity contribution in [3.63, 3.8) is 0 Å². The van der Waals surface area contributed by atoms with Gasteiger partial charge in [0.05, 0.1) is 22.6 Å². The third-order valence-corrected chi connectivity index (χ3v) is 3.27. The van der Waals surface area contributed by atoms with Gasteiger partial charge >= 0.3 is 5.97 Å². The lowest BCUT2D eigenvalue weighted by Gasteiger charge is -2.22. The summed E-state index contributed by atoms with van der Waals surface area (Å²) in [7, 11) is 0. The maximum Gasteiger partial charge on any atom is 0.305 e. The molecule has 0 radical (unpaired) electrons. The fourth-order valence-electron chi connectivity index (χ4n) is 1.67. The molecule has 0 fully saturated rings. The highest BCUT2D eigenvalue weighted by Crippen LogP contribution is 2.27. The summed E-state index contributed by atoms with van der Waals surface area (Å²) in [5.74, 6) is -0.972. The first kappa shape index (κ1) is 15.2. The van der Waals surface area contributed by atoms with Crippen LogP contribution in [0.2, 0.25) is 10.0 Å². The molecule has 0 aromatic heterocycles. The van der Waals surface area contributed by atoms with Gasteiger partial charge in [-0.3, -0.25) is 4.79 Å². The monoisotopic (exact) mass is 291 g/mol. The van der Waals surface area contributed by atoms with Gasteiger partial charge in [0.25, 0.3) is 0 Å². The van der Waals surface area contributed by atoms with Gasteiger partial charge in [-0.2, -0.15) is 0 Å². The van der Waals surface area contributed by atoms with Crippen molar-refractivity contribution in [3.05, 3.63) is 33.8 Å². The smallest absolute Gasteiger partial charge is 0.305 e. The average molecular weight is 292 g/mol. The van der Waals surface area contributed by atoms with Crippen molar-refractivity contribution in [1.82, 2.24) is 5.32 Å². The Bertz CT molecular complexity index is 426. The standard InChI is InChI=1S/C12H15Cl2NO3/c1-2-15-10(6-11(16)17)12(18)7-3-4-8(13)9(14)5-7/h3-5,10,12,15,18H,2,6H2,1H3,(H,16,17). The molecule has 18 heavy (non-hydrogen) atoms. The first-order valence-corrected chi connectivity index (χ1v) is 6.29. The van der Waals surface area contributed by atoms with E-state index < -0.39 is 18.1 Å². The van der Waals surface area contributed by atoms with Crippen molar-refractivity contribution >= 4 is 29.2 Å². The molecule has 1 rings (SSSR count). The number of aliphatic hydroxyl groups is 1. The van der Waals surface area contributed by atoms with Crippen LogP contribution in [0.1, 0.15) is 25.0 Å². The summed E-state index contributed by atoms with van der Waals surface area (Å²) in [4.78, 5) is 10.7. The Morgan fingerprint density at radius 3 is 2.56 bits per heavy atom. The molecule has 6 heteroatoms. The van der Waals surface area contributed by atoms with Crippen LogP contribution in [0.3, 0.4) is 0 Å². The van der Waals surface area contributed by atoms with Gasteiger partial charge in [0.1, 0.15) is 0 Å². The van der Waals surface area contributed by atoms with Crippen LogP contribution in [0, 0.1) is 0 Å². The van der Waals surface area contributed by atoms with Gasteiger partial charge in [-0.15, -0.1) is 0 Å². The van der Waals surface area contributed by atoms with Gasteiger partial charge in [-0.05, 0) is 24.2 Å². The van der Waals surface area contributed by atoms with Gasteiger partial charge in [0, 0.05) is 6.04 Å². The van der Waals surface area contributed by atoms with E-state index in [0.717, 1.165) is 0 Å². The maximum atomic E-state index is 10.7. The quantitative estimate of drug-likeness (QED) is 0.753. The molecule has 4 nitrogen and oxygen atoms in total. The molecule has 0 aliphatic carbocycles. The molecular formula is C12H15Cl2NO3. The summed E-state index contributed by atoms with van der Waals surface area (Å²) in [5, 5.41) is 22.6. The molecule has 2 atom stereocenters. The predicted molar refractivity (Wildman–Crippen MR) is 71.1 cm³/mol. The predicted octanol–water partition coefficient (Wildman–Crippen LogP) is 2.48. The minimum Gasteiger partial charge on any atom is -0.481 e. The van der Waals surface area contributed by atoms with Crippen LogP contribution in [0.15, 0.2) is 18.2 Å². The number of nitrogens with one attached hydrogen (secondary N) is 1.